The quantitative estimate of drug-likeness (QED) is 0.0164. The van der Waals surface area contributed by atoms with Crippen molar-refractivity contribution >= 4 is 59.3 Å². The standard InChI is InChI=1S/C51H70N2O12S2/c1-35(2)47(58)62-33-50(6,7)31-60-40(54)24-20-16-12-10-14-18-22-26-42(56)64-39-28-37(5)44(46-45(39)66-49(67-46)38(29-52)30-53)65-43(57)27-23-19-15-11-13-17-21-25-41(55)61-32-51(8,9)34-63-48(59)36(3)4/h28H,1,3,10-27,31-34H2,2,4-9H3. The van der Waals surface area contributed by atoms with Gasteiger partial charge in [-0.3, -0.25) is 19.2 Å². The van der Waals surface area contributed by atoms with Crippen LogP contribution in [-0.2, 0) is 47.7 Å². The van der Waals surface area contributed by atoms with E-state index in [-0.39, 0.29) is 62.5 Å². The summed E-state index contributed by atoms with van der Waals surface area (Å²) in [5, 5.41) is 19.1. The number of esters is 6. The number of aryl methyl sites for hydroxylation is 1. The van der Waals surface area contributed by atoms with Crippen molar-refractivity contribution in [3.8, 4) is 23.6 Å². The molecule has 1 aliphatic rings. The van der Waals surface area contributed by atoms with E-state index in [1.165, 1.54) is 0 Å². The van der Waals surface area contributed by atoms with E-state index in [1.807, 2.05) is 39.8 Å². The number of allylic oxidation sites excluding steroid dienone is 1. The minimum absolute atomic E-state index is 0.0853. The maximum atomic E-state index is 13.0. The monoisotopic (exact) mass is 966 g/mol. The number of fused-ring (bicyclic) bond motifs is 1. The number of rotatable bonds is 32. The molecular formula is C51H70N2O12S2. The highest BCUT2D eigenvalue weighted by molar-refractivity contribution is 8.24. The summed E-state index contributed by atoms with van der Waals surface area (Å²) in [6, 6.07) is 5.48. The van der Waals surface area contributed by atoms with E-state index in [0.29, 0.717) is 75.0 Å². The highest BCUT2D eigenvalue weighted by Gasteiger charge is 2.32. The highest BCUT2D eigenvalue weighted by atomic mass is 32.2. The Kier molecular flexibility index (Phi) is 26.3. The minimum atomic E-state index is -0.505. The maximum absolute atomic E-state index is 13.0. The van der Waals surface area contributed by atoms with Gasteiger partial charge in [-0.1, -0.05) is 129 Å². The van der Waals surface area contributed by atoms with E-state index in [0.717, 1.165) is 87.7 Å². The third kappa shape index (κ3) is 23.5. The van der Waals surface area contributed by atoms with Crippen LogP contribution >= 0.6 is 23.5 Å². The van der Waals surface area contributed by atoms with Gasteiger partial charge in [-0.15, -0.1) is 0 Å². The molecule has 0 aromatic heterocycles. The Morgan fingerprint density at radius 1 is 0.537 bits per heavy atom. The number of nitrogens with zero attached hydrogens (tertiary/aromatic N) is 2. The normalized spacial score (nSPS) is 11.9. The smallest absolute Gasteiger partial charge is 0.333 e. The molecule has 0 unspecified atom stereocenters. The summed E-state index contributed by atoms with van der Waals surface area (Å²) >= 11 is 2.29. The molecule has 1 heterocycles. The predicted octanol–water partition coefficient (Wildman–Crippen LogP) is 11.7. The van der Waals surface area contributed by atoms with Gasteiger partial charge in [0.15, 0.2) is 0 Å². The Morgan fingerprint density at radius 3 is 1.27 bits per heavy atom. The topological polar surface area (TPSA) is 205 Å². The average molecular weight is 967 g/mol. The Bertz CT molecular complexity index is 2030. The number of hydrogen-bond donors (Lipinski definition) is 0. The molecule has 0 amide bonds. The van der Waals surface area contributed by atoms with Gasteiger partial charge in [0.2, 0.25) is 0 Å². The molecule has 0 N–H and O–H groups in total. The first kappa shape index (κ1) is 58.1. The molecule has 2 rings (SSSR count). The number of benzene rings is 1. The van der Waals surface area contributed by atoms with Crippen molar-refractivity contribution in [1.29, 1.82) is 10.5 Å². The third-order valence-electron chi connectivity index (χ3n) is 10.3. The van der Waals surface area contributed by atoms with Crippen molar-refractivity contribution in [2.24, 2.45) is 10.8 Å². The molecule has 0 spiro atoms. The fourth-order valence-corrected chi connectivity index (χ4v) is 8.82. The molecule has 0 aliphatic carbocycles. The van der Waals surface area contributed by atoms with Crippen LogP contribution < -0.4 is 9.47 Å². The van der Waals surface area contributed by atoms with Crippen LogP contribution in [0.5, 0.6) is 11.5 Å². The molecule has 1 aromatic carbocycles. The van der Waals surface area contributed by atoms with Crippen LogP contribution in [0, 0.1) is 40.4 Å². The SMILES string of the molecule is C=C(C)C(=O)OCC(C)(C)COC(=O)CCCCCCCCCC(=O)Oc1cc(C)c(OC(=O)CCCCCCCCCC(=O)OCC(C)(C)COC(=O)C(=C)C)c2c1SC(=C(C#N)C#N)S2. The molecule has 0 fully saturated rings. The summed E-state index contributed by atoms with van der Waals surface area (Å²) in [5.74, 6) is -1.72. The van der Waals surface area contributed by atoms with Crippen molar-refractivity contribution in [2.75, 3.05) is 26.4 Å². The van der Waals surface area contributed by atoms with Gasteiger partial charge in [-0.05, 0) is 58.1 Å². The lowest BCUT2D eigenvalue weighted by atomic mass is 9.96. The third-order valence-corrected chi connectivity index (χ3v) is 12.9. The number of thioether (sulfide) groups is 2. The van der Waals surface area contributed by atoms with Gasteiger partial charge in [-0.2, -0.15) is 10.5 Å². The number of unbranched alkanes of at least 4 members (excludes halogenated alkanes) is 12. The van der Waals surface area contributed by atoms with E-state index in [1.54, 1.807) is 26.8 Å². The Hall–Kier alpha value is -5.06. The number of carbonyl (C=O) groups excluding carboxylic acids is 6. The van der Waals surface area contributed by atoms with E-state index in [9.17, 15) is 39.3 Å². The predicted molar refractivity (Wildman–Crippen MR) is 257 cm³/mol. The number of nitriles is 2. The summed E-state index contributed by atoms with van der Waals surface area (Å²) in [6.45, 7) is 20.0. The zero-order chi connectivity index (χ0) is 50.0. The van der Waals surface area contributed by atoms with Crippen molar-refractivity contribution in [3.05, 3.63) is 45.7 Å². The van der Waals surface area contributed by atoms with Gasteiger partial charge < -0.3 is 28.4 Å². The molecule has 0 atom stereocenters. The fraction of sp³-hybridized carbons (Fsp3) is 0.608. The van der Waals surface area contributed by atoms with Gasteiger partial charge >= 0.3 is 35.8 Å². The molecule has 14 nitrogen and oxygen atoms in total. The second kappa shape index (κ2) is 30.3. The molecular weight excluding hydrogens is 897 g/mol. The lowest BCUT2D eigenvalue weighted by molar-refractivity contribution is -0.152. The van der Waals surface area contributed by atoms with Crippen LogP contribution in [0.2, 0.25) is 0 Å². The number of ether oxygens (including phenoxy) is 6. The van der Waals surface area contributed by atoms with Crippen LogP contribution in [-0.4, -0.2) is 62.2 Å². The van der Waals surface area contributed by atoms with Gasteiger partial charge in [0.05, 0.1) is 40.5 Å². The fourth-order valence-electron chi connectivity index (χ4n) is 6.27. The van der Waals surface area contributed by atoms with E-state index >= 15 is 0 Å². The molecule has 67 heavy (non-hydrogen) atoms. The second-order valence-electron chi connectivity index (χ2n) is 18.5. The van der Waals surface area contributed by atoms with Crippen LogP contribution in [0.3, 0.4) is 0 Å². The first-order valence-electron chi connectivity index (χ1n) is 23.1. The number of carbonyl (C=O) groups is 6. The van der Waals surface area contributed by atoms with E-state index in [4.69, 9.17) is 28.4 Å². The molecule has 1 aromatic rings. The average Bonchev–Trinajstić information content (AvgIpc) is 3.72. The summed E-state index contributed by atoms with van der Waals surface area (Å²) in [7, 11) is 0. The lowest BCUT2D eigenvalue weighted by Crippen LogP contribution is -2.28. The summed E-state index contributed by atoms with van der Waals surface area (Å²) in [5.41, 5.74) is 0.117. The Labute approximate surface area is 405 Å². The van der Waals surface area contributed by atoms with Crippen molar-refractivity contribution in [1.82, 2.24) is 0 Å². The first-order valence-corrected chi connectivity index (χ1v) is 24.8. The van der Waals surface area contributed by atoms with E-state index < -0.39 is 34.7 Å². The lowest BCUT2D eigenvalue weighted by Gasteiger charge is -2.23. The van der Waals surface area contributed by atoms with Crippen LogP contribution in [0.15, 0.2) is 50.0 Å². The summed E-state index contributed by atoms with van der Waals surface area (Å²) in [6.07, 6.45) is 12.8. The first-order chi connectivity index (χ1) is 31.7. The zero-order valence-electron chi connectivity index (χ0n) is 40.7. The molecule has 0 bridgehead atoms. The molecule has 0 radical (unpaired) electrons. The number of hydrogen-bond acceptors (Lipinski definition) is 16. The van der Waals surface area contributed by atoms with Gasteiger partial charge in [0, 0.05) is 47.7 Å². The van der Waals surface area contributed by atoms with Crippen molar-refractivity contribution in [2.45, 2.75) is 174 Å². The van der Waals surface area contributed by atoms with Crippen molar-refractivity contribution in [3.63, 3.8) is 0 Å². The summed E-state index contributed by atoms with van der Waals surface area (Å²) in [4.78, 5) is 74.8. The molecule has 1 aliphatic heterocycles. The van der Waals surface area contributed by atoms with Crippen LogP contribution in [0.1, 0.15) is 163 Å². The van der Waals surface area contributed by atoms with Gasteiger partial charge in [0.1, 0.15) is 29.2 Å². The maximum Gasteiger partial charge on any atom is 0.333 e. The molecule has 16 heteroatoms. The second-order valence-corrected chi connectivity index (χ2v) is 20.8. The van der Waals surface area contributed by atoms with Crippen LogP contribution in [0.4, 0.5) is 0 Å². The Morgan fingerprint density at radius 2 is 0.881 bits per heavy atom. The van der Waals surface area contributed by atoms with Crippen LogP contribution in [0.25, 0.3) is 0 Å². The summed E-state index contributed by atoms with van der Waals surface area (Å²) < 4.78 is 33.3. The van der Waals surface area contributed by atoms with E-state index in [2.05, 4.69) is 13.2 Å². The van der Waals surface area contributed by atoms with Gasteiger partial charge in [-0.25, -0.2) is 9.59 Å². The largest absolute Gasteiger partial charge is 0.465 e. The zero-order valence-corrected chi connectivity index (χ0v) is 42.3. The molecule has 368 valence electrons. The molecule has 0 saturated carbocycles. The minimum Gasteiger partial charge on any atom is -0.465 e. The Balaban J connectivity index is 1.73. The van der Waals surface area contributed by atoms with Crippen molar-refractivity contribution < 1.29 is 57.2 Å². The highest BCUT2D eigenvalue weighted by Crippen LogP contribution is 2.59. The van der Waals surface area contributed by atoms with Gasteiger partial charge in [0.25, 0.3) is 0 Å². The molecule has 0 saturated heterocycles.